The minimum absolute atomic E-state index is 0.216. The molecule has 1 aromatic rings. The zero-order valence-electron chi connectivity index (χ0n) is 9.39. The van der Waals surface area contributed by atoms with Crippen LogP contribution in [0.25, 0.3) is 0 Å². The van der Waals surface area contributed by atoms with Gasteiger partial charge in [-0.2, -0.15) is 11.8 Å². The van der Waals surface area contributed by atoms with Gasteiger partial charge in [-0.3, -0.25) is 0 Å². The number of nitrogens with zero attached hydrogens (tertiary/aromatic N) is 2. The Kier molecular flexibility index (Phi) is 3.79. The molecular weight excluding hydrogens is 260 g/mol. The van der Waals surface area contributed by atoms with E-state index >= 15 is 0 Å². The molecular formula is C11H13ClN2O2S. The number of carboxylic acids is 1. The predicted octanol–water partition coefficient (Wildman–Crippen LogP) is 2.37. The van der Waals surface area contributed by atoms with Crippen LogP contribution in [0.4, 0.5) is 5.82 Å². The van der Waals surface area contributed by atoms with Gasteiger partial charge in [-0.1, -0.05) is 11.6 Å². The normalized spacial score (nSPS) is 20.4. The van der Waals surface area contributed by atoms with Crippen LogP contribution in [0.2, 0.25) is 5.15 Å². The fraction of sp³-hybridized carbons (Fsp3) is 0.455. The lowest BCUT2D eigenvalue weighted by molar-refractivity contribution is 0.0697. The second-order valence-electron chi connectivity index (χ2n) is 3.93. The minimum Gasteiger partial charge on any atom is -0.478 e. The molecule has 1 atom stereocenters. The molecule has 0 aromatic carbocycles. The summed E-state index contributed by atoms with van der Waals surface area (Å²) in [7, 11) is 0. The van der Waals surface area contributed by atoms with Crippen LogP contribution in [-0.2, 0) is 0 Å². The molecule has 1 aliphatic rings. The topological polar surface area (TPSA) is 53.4 Å². The van der Waals surface area contributed by atoms with Gasteiger partial charge in [0.25, 0.3) is 0 Å². The monoisotopic (exact) mass is 272 g/mol. The van der Waals surface area contributed by atoms with Crippen molar-refractivity contribution in [2.24, 2.45) is 0 Å². The first-order chi connectivity index (χ1) is 8.09. The standard InChI is InChI=1S/C11H13ClN2O2S/c1-7-6-17-5-4-14(7)10-8(11(15)16)2-3-9(12)13-10/h2-3,7H,4-6H2,1H3,(H,15,16). The van der Waals surface area contributed by atoms with Crippen LogP contribution < -0.4 is 4.90 Å². The second kappa shape index (κ2) is 5.14. The van der Waals surface area contributed by atoms with Crippen molar-refractivity contribution in [1.82, 2.24) is 4.98 Å². The van der Waals surface area contributed by atoms with Gasteiger partial charge in [0.1, 0.15) is 16.5 Å². The third-order valence-corrected chi connectivity index (χ3v) is 4.11. The Morgan fingerprint density at radius 1 is 1.65 bits per heavy atom. The lowest BCUT2D eigenvalue weighted by atomic mass is 10.2. The van der Waals surface area contributed by atoms with E-state index in [-0.39, 0.29) is 11.6 Å². The Morgan fingerprint density at radius 3 is 3.06 bits per heavy atom. The van der Waals surface area contributed by atoms with Gasteiger partial charge in [0.2, 0.25) is 0 Å². The number of aromatic carboxylic acids is 1. The van der Waals surface area contributed by atoms with E-state index in [4.69, 9.17) is 16.7 Å². The summed E-state index contributed by atoms with van der Waals surface area (Å²) in [4.78, 5) is 17.4. The number of halogens is 1. The summed E-state index contributed by atoms with van der Waals surface area (Å²) in [5.41, 5.74) is 0.216. The van der Waals surface area contributed by atoms with E-state index in [0.29, 0.717) is 11.0 Å². The number of hydrogen-bond donors (Lipinski definition) is 1. The van der Waals surface area contributed by atoms with Crippen molar-refractivity contribution in [2.45, 2.75) is 13.0 Å². The Bertz CT molecular complexity index is 441. The van der Waals surface area contributed by atoms with Gasteiger partial charge in [-0.25, -0.2) is 9.78 Å². The zero-order valence-corrected chi connectivity index (χ0v) is 11.0. The first-order valence-corrected chi connectivity index (χ1v) is 6.87. The summed E-state index contributed by atoms with van der Waals surface area (Å²) in [5.74, 6) is 1.48. The van der Waals surface area contributed by atoms with Gasteiger partial charge in [-0.05, 0) is 19.1 Å². The molecule has 2 rings (SSSR count). The Morgan fingerprint density at radius 2 is 2.41 bits per heavy atom. The molecule has 1 fully saturated rings. The fourth-order valence-electron chi connectivity index (χ4n) is 1.85. The van der Waals surface area contributed by atoms with Crippen molar-refractivity contribution in [2.75, 3.05) is 23.0 Å². The summed E-state index contributed by atoms with van der Waals surface area (Å²) in [6.45, 7) is 2.87. The Labute approximate surface area is 109 Å². The molecule has 0 bridgehead atoms. The van der Waals surface area contributed by atoms with Crippen molar-refractivity contribution in [1.29, 1.82) is 0 Å². The summed E-state index contributed by atoms with van der Waals surface area (Å²) in [6.07, 6.45) is 0. The molecule has 6 heteroatoms. The zero-order chi connectivity index (χ0) is 12.4. The average molecular weight is 273 g/mol. The summed E-state index contributed by atoms with van der Waals surface area (Å²) in [6, 6.07) is 3.30. The van der Waals surface area contributed by atoms with Gasteiger partial charge in [-0.15, -0.1) is 0 Å². The van der Waals surface area contributed by atoms with Crippen molar-refractivity contribution < 1.29 is 9.90 Å². The number of hydrogen-bond acceptors (Lipinski definition) is 4. The average Bonchev–Trinajstić information content (AvgIpc) is 2.29. The highest BCUT2D eigenvalue weighted by atomic mass is 35.5. The van der Waals surface area contributed by atoms with Crippen molar-refractivity contribution >= 4 is 35.1 Å². The van der Waals surface area contributed by atoms with Gasteiger partial charge in [0, 0.05) is 24.1 Å². The second-order valence-corrected chi connectivity index (χ2v) is 5.46. The number of anilines is 1. The van der Waals surface area contributed by atoms with Gasteiger partial charge in [0.15, 0.2) is 0 Å². The third-order valence-electron chi connectivity index (χ3n) is 2.71. The number of rotatable bonds is 2. The minimum atomic E-state index is -0.963. The lowest BCUT2D eigenvalue weighted by Crippen LogP contribution is -2.41. The van der Waals surface area contributed by atoms with Crippen LogP contribution >= 0.6 is 23.4 Å². The molecule has 0 radical (unpaired) electrons. The number of aromatic nitrogens is 1. The van der Waals surface area contributed by atoms with Crippen LogP contribution in [0.15, 0.2) is 12.1 Å². The van der Waals surface area contributed by atoms with E-state index in [1.807, 2.05) is 16.7 Å². The maximum absolute atomic E-state index is 11.2. The Hall–Kier alpha value is -0.940. The van der Waals surface area contributed by atoms with Gasteiger partial charge < -0.3 is 10.0 Å². The molecule has 92 valence electrons. The predicted molar refractivity (Wildman–Crippen MR) is 70.3 cm³/mol. The molecule has 0 saturated carbocycles. The first-order valence-electron chi connectivity index (χ1n) is 5.34. The van der Waals surface area contributed by atoms with Crippen LogP contribution in [0.1, 0.15) is 17.3 Å². The van der Waals surface area contributed by atoms with Crippen LogP contribution in [-0.4, -0.2) is 40.2 Å². The SMILES string of the molecule is CC1CSCCN1c1nc(Cl)ccc1C(=O)O. The molecule has 0 spiro atoms. The highest BCUT2D eigenvalue weighted by molar-refractivity contribution is 7.99. The highest BCUT2D eigenvalue weighted by Gasteiger charge is 2.24. The van der Waals surface area contributed by atoms with Crippen LogP contribution in [0.3, 0.4) is 0 Å². The maximum atomic E-state index is 11.2. The molecule has 17 heavy (non-hydrogen) atoms. The molecule has 1 saturated heterocycles. The quantitative estimate of drug-likeness (QED) is 0.838. The van der Waals surface area contributed by atoms with Gasteiger partial charge in [0.05, 0.1) is 0 Å². The van der Waals surface area contributed by atoms with E-state index in [1.54, 1.807) is 0 Å². The van der Waals surface area contributed by atoms with E-state index in [0.717, 1.165) is 18.1 Å². The number of carbonyl (C=O) groups is 1. The largest absolute Gasteiger partial charge is 0.478 e. The van der Waals surface area contributed by atoms with E-state index < -0.39 is 5.97 Å². The molecule has 2 heterocycles. The molecule has 1 N–H and O–H groups in total. The third kappa shape index (κ3) is 2.66. The molecule has 1 unspecified atom stereocenters. The van der Waals surface area contributed by atoms with E-state index in [1.165, 1.54) is 12.1 Å². The first kappa shape index (κ1) is 12.5. The van der Waals surface area contributed by atoms with E-state index in [2.05, 4.69) is 11.9 Å². The summed E-state index contributed by atoms with van der Waals surface area (Å²) >= 11 is 7.72. The highest BCUT2D eigenvalue weighted by Crippen LogP contribution is 2.26. The van der Waals surface area contributed by atoms with Gasteiger partial charge >= 0.3 is 5.97 Å². The number of thioether (sulfide) groups is 1. The number of pyridine rings is 1. The summed E-state index contributed by atoms with van der Waals surface area (Å²) < 4.78 is 0. The smallest absolute Gasteiger partial charge is 0.339 e. The summed E-state index contributed by atoms with van der Waals surface area (Å²) in [5, 5.41) is 9.49. The van der Waals surface area contributed by atoms with Crippen molar-refractivity contribution in [3.05, 3.63) is 22.8 Å². The van der Waals surface area contributed by atoms with Crippen molar-refractivity contribution in [3.8, 4) is 0 Å². The van der Waals surface area contributed by atoms with Crippen LogP contribution in [0.5, 0.6) is 0 Å². The molecule has 4 nitrogen and oxygen atoms in total. The number of carboxylic acid groups (broad SMARTS) is 1. The van der Waals surface area contributed by atoms with Crippen LogP contribution in [0, 0.1) is 0 Å². The lowest BCUT2D eigenvalue weighted by Gasteiger charge is -2.34. The molecule has 0 amide bonds. The van der Waals surface area contributed by atoms with Crippen molar-refractivity contribution in [3.63, 3.8) is 0 Å². The molecule has 1 aliphatic heterocycles. The van der Waals surface area contributed by atoms with E-state index in [9.17, 15) is 4.79 Å². The Balaban J connectivity index is 2.41. The fourth-order valence-corrected chi connectivity index (χ4v) is 3.01. The molecule has 1 aromatic heterocycles. The maximum Gasteiger partial charge on any atom is 0.339 e. The molecule has 0 aliphatic carbocycles.